The zero-order chi connectivity index (χ0) is 19.7. The highest BCUT2D eigenvalue weighted by Gasteiger charge is 2.40. The summed E-state index contributed by atoms with van der Waals surface area (Å²) in [5, 5.41) is 0.221. The van der Waals surface area contributed by atoms with Crippen molar-refractivity contribution in [2.45, 2.75) is 84.7 Å². The number of carbonyl (C=O) groups is 1. The average Bonchev–Trinajstić information content (AvgIpc) is 2.42. The van der Waals surface area contributed by atoms with Crippen molar-refractivity contribution in [2.24, 2.45) is 0 Å². The fourth-order valence-electron chi connectivity index (χ4n) is 2.49. The molecule has 0 bridgehead atoms. The van der Waals surface area contributed by atoms with Crippen LogP contribution in [0.25, 0.3) is 0 Å². The normalized spacial score (nSPS) is 18.4. The second kappa shape index (κ2) is 7.57. The largest absolute Gasteiger partial charge is 0.444 e. The summed E-state index contributed by atoms with van der Waals surface area (Å²) < 4.78 is 11.9. The summed E-state index contributed by atoms with van der Waals surface area (Å²) in [5.41, 5.74) is -0.472. The molecule has 0 unspecified atom stereocenters. The van der Waals surface area contributed by atoms with Gasteiger partial charge in [0.25, 0.3) is 0 Å². The summed E-state index contributed by atoms with van der Waals surface area (Å²) in [6.45, 7) is 25.4. The van der Waals surface area contributed by atoms with Crippen molar-refractivity contribution in [2.75, 3.05) is 32.8 Å². The molecule has 5 nitrogen and oxygen atoms in total. The molecule has 1 aliphatic heterocycles. The quantitative estimate of drug-likeness (QED) is 0.689. The van der Waals surface area contributed by atoms with E-state index < -0.39 is 13.9 Å². The van der Waals surface area contributed by atoms with Crippen LogP contribution in [0.4, 0.5) is 4.79 Å². The number of nitrogens with zero attached hydrogens (tertiary/aromatic N) is 2. The van der Waals surface area contributed by atoms with Gasteiger partial charge in [-0.15, -0.1) is 0 Å². The number of ether oxygens (including phenoxy) is 1. The van der Waals surface area contributed by atoms with Crippen molar-refractivity contribution < 1.29 is 14.0 Å². The molecule has 1 heterocycles. The lowest BCUT2D eigenvalue weighted by molar-refractivity contribution is -0.00711. The fourth-order valence-corrected chi connectivity index (χ4v) is 3.63. The molecule has 6 heteroatoms. The summed E-state index contributed by atoms with van der Waals surface area (Å²) in [4.78, 5) is 16.4. The molecule has 0 radical (unpaired) electrons. The van der Waals surface area contributed by atoms with Gasteiger partial charge >= 0.3 is 6.09 Å². The maximum atomic E-state index is 12.2. The fraction of sp³-hybridized carbons (Fsp3) is 0.947. The Bertz CT molecular complexity index is 456. The van der Waals surface area contributed by atoms with Gasteiger partial charge in [0.15, 0.2) is 8.32 Å². The molecule has 1 saturated heterocycles. The highest BCUT2D eigenvalue weighted by atomic mass is 28.4. The Morgan fingerprint density at radius 1 is 0.920 bits per heavy atom. The SMILES string of the molecule is CC(C)(C)OC(=O)N1CCN(C(C)(C)CO[Si](C)(C)C(C)(C)C)CC1. The zero-order valence-electron chi connectivity index (χ0n) is 18.2. The van der Waals surface area contributed by atoms with Crippen molar-refractivity contribution in [3.05, 3.63) is 0 Å². The standard InChI is InChI=1S/C19H40N2O3Si/c1-17(2,3)24-16(22)20-11-13-21(14-12-20)19(7,8)15-23-25(9,10)18(4,5)6/h11-15H2,1-10H3. The van der Waals surface area contributed by atoms with E-state index in [4.69, 9.17) is 9.16 Å². The molecule has 1 amide bonds. The molecule has 0 spiro atoms. The first-order valence-corrected chi connectivity index (χ1v) is 12.3. The predicted molar refractivity (Wildman–Crippen MR) is 107 cm³/mol. The van der Waals surface area contributed by atoms with E-state index in [1.165, 1.54) is 0 Å². The molecule has 0 aromatic heterocycles. The topological polar surface area (TPSA) is 42.0 Å². The second-order valence-corrected chi connectivity index (χ2v) is 15.1. The first kappa shape index (κ1) is 22.4. The number of rotatable bonds is 4. The van der Waals surface area contributed by atoms with Gasteiger partial charge in [-0.2, -0.15) is 0 Å². The zero-order valence-corrected chi connectivity index (χ0v) is 19.2. The van der Waals surface area contributed by atoms with E-state index in [0.29, 0.717) is 13.1 Å². The molecular formula is C19H40N2O3Si. The summed E-state index contributed by atoms with van der Waals surface area (Å²) in [6, 6.07) is 0. The number of piperazine rings is 1. The average molecular weight is 373 g/mol. The van der Waals surface area contributed by atoms with Gasteiger partial charge in [-0.05, 0) is 52.8 Å². The van der Waals surface area contributed by atoms with Crippen LogP contribution in [0.15, 0.2) is 0 Å². The molecule has 1 fully saturated rings. The summed E-state index contributed by atoms with van der Waals surface area (Å²) in [7, 11) is -1.75. The molecule has 1 aliphatic rings. The first-order valence-electron chi connectivity index (χ1n) is 9.42. The van der Waals surface area contributed by atoms with E-state index in [0.717, 1.165) is 19.7 Å². The lowest BCUT2D eigenvalue weighted by atomic mass is 10.0. The molecule has 0 saturated carbocycles. The molecule has 148 valence electrons. The Hall–Kier alpha value is -0.593. The van der Waals surface area contributed by atoms with Crippen molar-refractivity contribution in [1.29, 1.82) is 0 Å². The van der Waals surface area contributed by atoms with Crippen LogP contribution in [0.5, 0.6) is 0 Å². The molecule has 0 atom stereocenters. The Morgan fingerprint density at radius 2 is 1.40 bits per heavy atom. The maximum Gasteiger partial charge on any atom is 0.410 e. The second-order valence-electron chi connectivity index (χ2n) is 10.3. The van der Waals surface area contributed by atoms with Crippen molar-refractivity contribution in [3.63, 3.8) is 0 Å². The van der Waals surface area contributed by atoms with Gasteiger partial charge in [0.05, 0.1) is 6.61 Å². The van der Waals surface area contributed by atoms with E-state index in [2.05, 4.69) is 52.6 Å². The van der Waals surface area contributed by atoms with Crippen molar-refractivity contribution in [3.8, 4) is 0 Å². The Morgan fingerprint density at radius 3 is 1.80 bits per heavy atom. The van der Waals surface area contributed by atoms with Gasteiger partial charge in [-0.3, -0.25) is 4.90 Å². The molecule has 0 aliphatic carbocycles. The monoisotopic (exact) mass is 372 g/mol. The summed E-state index contributed by atoms with van der Waals surface area (Å²) >= 11 is 0. The molecule has 25 heavy (non-hydrogen) atoms. The van der Waals surface area contributed by atoms with Crippen LogP contribution >= 0.6 is 0 Å². The minimum absolute atomic E-state index is 0.0322. The highest BCUT2D eigenvalue weighted by Crippen LogP contribution is 2.37. The van der Waals surface area contributed by atoms with E-state index in [1.807, 2.05) is 25.7 Å². The van der Waals surface area contributed by atoms with Crippen LogP contribution in [0.3, 0.4) is 0 Å². The number of hydrogen-bond acceptors (Lipinski definition) is 4. The van der Waals surface area contributed by atoms with Gasteiger partial charge in [0.2, 0.25) is 0 Å². The summed E-state index contributed by atoms with van der Waals surface area (Å²) in [5.74, 6) is 0. The van der Waals surface area contributed by atoms with Crippen LogP contribution in [0.1, 0.15) is 55.4 Å². The third kappa shape index (κ3) is 6.57. The minimum Gasteiger partial charge on any atom is -0.444 e. The highest BCUT2D eigenvalue weighted by molar-refractivity contribution is 6.74. The number of carbonyl (C=O) groups excluding carboxylic acids is 1. The number of hydrogen-bond donors (Lipinski definition) is 0. The lowest BCUT2D eigenvalue weighted by Gasteiger charge is -2.46. The van der Waals surface area contributed by atoms with Gasteiger partial charge in [-0.25, -0.2) is 4.79 Å². The lowest BCUT2D eigenvalue weighted by Crippen LogP contribution is -2.59. The van der Waals surface area contributed by atoms with E-state index in [9.17, 15) is 4.79 Å². The first-order chi connectivity index (χ1) is 11.1. The van der Waals surface area contributed by atoms with Crippen molar-refractivity contribution in [1.82, 2.24) is 9.80 Å². The van der Waals surface area contributed by atoms with E-state index in [-0.39, 0.29) is 16.7 Å². The minimum atomic E-state index is -1.75. The van der Waals surface area contributed by atoms with Crippen LogP contribution in [-0.4, -0.2) is 68.1 Å². The third-order valence-corrected chi connectivity index (χ3v) is 9.86. The van der Waals surface area contributed by atoms with Gasteiger partial charge in [-0.1, -0.05) is 20.8 Å². The Balaban J connectivity index is 2.56. The predicted octanol–water partition coefficient (Wildman–Crippen LogP) is 4.34. The Kier molecular flexibility index (Phi) is 6.80. The van der Waals surface area contributed by atoms with E-state index in [1.54, 1.807) is 0 Å². The van der Waals surface area contributed by atoms with Gasteiger partial charge in [0, 0.05) is 31.7 Å². The van der Waals surface area contributed by atoms with Gasteiger partial charge in [0.1, 0.15) is 5.60 Å². The molecule has 0 N–H and O–H groups in total. The van der Waals surface area contributed by atoms with Crippen LogP contribution < -0.4 is 0 Å². The summed E-state index contributed by atoms with van der Waals surface area (Å²) in [6.07, 6.45) is -0.206. The molecular weight excluding hydrogens is 332 g/mol. The van der Waals surface area contributed by atoms with Crippen molar-refractivity contribution >= 4 is 14.4 Å². The Labute approximate surface area is 156 Å². The van der Waals surface area contributed by atoms with Crippen LogP contribution in [0, 0.1) is 0 Å². The smallest absolute Gasteiger partial charge is 0.410 e. The van der Waals surface area contributed by atoms with Gasteiger partial charge < -0.3 is 14.1 Å². The molecule has 0 aromatic carbocycles. The molecule has 0 aromatic rings. The maximum absolute atomic E-state index is 12.2. The third-order valence-electron chi connectivity index (χ3n) is 5.38. The molecule has 1 rings (SSSR count). The van der Waals surface area contributed by atoms with E-state index >= 15 is 0 Å². The number of amides is 1. The van der Waals surface area contributed by atoms with Crippen LogP contribution in [0.2, 0.25) is 18.1 Å². The van der Waals surface area contributed by atoms with Crippen LogP contribution in [-0.2, 0) is 9.16 Å².